The van der Waals surface area contributed by atoms with E-state index in [2.05, 4.69) is 4.72 Å². The second kappa shape index (κ2) is 7.24. The molecular formula is C18H22ClNO6S. The maximum atomic E-state index is 13.0. The van der Waals surface area contributed by atoms with E-state index in [9.17, 15) is 22.8 Å². The molecule has 1 aliphatic rings. The highest BCUT2D eigenvalue weighted by Crippen LogP contribution is 2.39. The minimum Gasteiger partial charge on any atom is -0.458 e. The first-order valence-electron chi connectivity index (χ1n) is 8.33. The molecule has 1 fully saturated rings. The van der Waals surface area contributed by atoms with Crippen LogP contribution in [0, 0.1) is 5.92 Å². The Hall–Kier alpha value is -1.93. The summed E-state index contributed by atoms with van der Waals surface area (Å²) < 4.78 is 30.0. The van der Waals surface area contributed by atoms with Crippen LogP contribution in [-0.2, 0) is 24.3 Å². The number of carbonyl (C=O) groups excluding carboxylic acids is 3. The lowest BCUT2D eigenvalue weighted by Gasteiger charge is -2.27. The molecule has 0 aliphatic heterocycles. The van der Waals surface area contributed by atoms with Crippen LogP contribution < -0.4 is 4.72 Å². The van der Waals surface area contributed by atoms with Crippen LogP contribution in [0.15, 0.2) is 24.3 Å². The third-order valence-electron chi connectivity index (χ3n) is 3.73. The summed E-state index contributed by atoms with van der Waals surface area (Å²) in [6.45, 7) is 4.83. The topological polar surface area (TPSA) is 107 Å². The van der Waals surface area contributed by atoms with Crippen LogP contribution in [0.2, 0.25) is 0 Å². The van der Waals surface area contributed by atoms with Gasteiger partial charge in [0.25, 0.3) is 4.87 Å². The number of anilines is 1. The van der Waals surface area contributed by atoms with E-state index < -0.39 is 44.0 Å². The smallest absolute Gasteiger partial charge is 0.343 e. The Morgan fingerprint density at radius 2 is 1.63 bits per heavy atom. The van der Waals surface area contributed by atoms with Crippen molar-refractivity contribution < 1.29 is 27.5 Å². The van der Waals surface area contributed by atoms with E-state index in [1.807, 2.05) is 0 Å². The van der Waals surface area contributed by atoms with Gasteiger partial charge < -0.3 is 4.74 Å². The third kappa shape index (κ3) is 5.29. The van der Waals surface area contributed by atoms with E-state index in [4.69, 9.17) is 16.3 Å². The number of nitrogens with one attached hydrogen (secondary N) is 1. The van der Waals surface area contributed by atoms with Crippen molar-refractivity contribution in [2.75, 3.05) is 11.0 Å². The molecule has 1 aromatic carbocycles. The summed E-state index contributed by atoms with van der Waals surface area (Å²) in [6.07, 6.45) is 2.13. The minimum atomic E-state index is -3.48. The predicted molar refractivity (Wildman–Crippen MR) is 101 cm³/mol. The number of halogens is 1. The molecule has 1 N–H and O–H groups in total. The number of sulfonamides is 1. The minimum absolute atomic E-state index is 0.00362. The number of hydrogen-bond donors (Lipinski definition) is 1. The summed E-state index contributed by atoms with van der Waals surface area (Å²) in [6, 6.07) is 5.31. The summed E-state index contributed by atoms with van der Waals surface area (Å²) in [5.74, 6) is -3.09. The van der Waals surface area contributed by atoms with Crippen LogP contribution in [0.1, 0.15) is 44.0 Å². The van der Waals surface area contributed by atoms with Gasteiger partial charge in [0.05, 0.1) is 6.26 Å². The average Bonchev–Trinajstić information content (AvgIpc) is 3.35. The lowest BCUT2D eigenvalue weighted by atomic mass is 9.90. The molecule has 2 rings (SSSR count). The molecule has 9 heteroatoms. The second-order valence-corrected chi connectivity index (χ2v) is 9.89. The van der Waals surface area contributed by atoms with Gasteiger partial charge in [-0.2, -0.15) is 0 Å². The molecular weight excluding hydrogens is 394 g/mol. The van der Waals surface area contributed by atoms with E-state index >= 15 is 0 Å². The molecule has 1 aromatic rings. The zero-order valence-electron chi connectivity index (χ0n) is 15.5. The normalized spacial score (nSPS) is 16.9. The first-order chi connectivity index (χ1) is 12.2. The Morgan fingerprint density at radius 3 is 2.04 bits per heavy atom. The average molecular weight is 416 g/mol. The van der Waals surface area contributed by atoms with Crippen molar-refractivity contribution in [3.63, 3.8) is 0 Å². The van der Waals surface area contributed by atoms with Gasteiger partial charge in [-0.05, 0) is 57.9 Å². The van der Waals surface area contributed by atoms with Gasteiger partial charge in [-0.15, -0.1) is 0 Å². The van der Waals surface area contributed by atoms with Crippen LogP contribution in [0.5, 0.6) is 0 Å². The highest BCUT2D eigenvalue weighted by molar-refractivity contribution is 7.92. The molecule has 7 nitrogen and oxygen atoms in total. The summed E-state index contributed by atoms with van der Waals surface area (Å²) >= 11 is 6.33. The van der Waals surface area contributed by atoms with Gasteiger partial charge in [0.2, 0.25) is 15.8 Å². The number of benzene rings is 1. The summed E-state index contributed by atoms with van der Waals surface area (Å²) in [7, 11) is -3.48. The number of Topliss-reactive ketones (excluding diaryl/α,β-unsaturated/α-hetero) is 2. The van der Waals surface area contributed by atoms with Gasteiger partial charge in [0.1, 0.15) is 5.60 Å². The highest BCUT2D eigenvalue weighted by Gasteiger charge is 2.57. The Labute approximate surface area is 163 Å². The number of ketones is 2. The molecule has 0 saturated heterocycles. The zero-order valence-corrected chi connectivity index (χ0v) is 17.1. The number of hydrogen-bond acceptors (Lipinski definition) is 6. The predicted octanol–water partition coefficient (Wildman–Crippen LogP) is 2.54. The highest BCUT2D eigenvalue weighted by atomic mass is 35.5. The Morgan fingerprint density at radius 1 is 1.11 bits per heavy atom. The molecule has 0 amide bonds. The maximum absolute atomic E-state index is 13.0. The second-order valence-electron chi connectivity index (χ2n) is 7.58. The first kappa shape index (κ1) is 21.4. The fourth-order valence-corrected chi connectivity index (χ4v) is 3.25. The van der Waals surface area contributed by atoms with Crippen molar-refractivity contribution >= 4 is 44.8 Å². The van der Waals surface area contributed by atoms with Crippen LogP contribution in [-0.4, -0.2) is 42.7 Å². The van der Waals surface area contributed by atoms with Crippen molar-refractivity contribution in [1.82, 2.24) is 0 Å². The molecule has 0 aromatic heterocycles. The molecule has 148 valence electrons. The van der Waals surface area contributed by atoms with Gasteiger partial charge in [0, 0.05) is 17.2 Å². The number of rotatable bonds is 7. The molecule has 1 saturated carbocycles. The monoisotopic (exact) mass is 415 g/mol. The van der Waals surface area contributed by atoms with E-state index in [-0.39, 0.29) is 11.3 Å². The maximum Gasteiger partial charge on any atom is 0.343 e. The molecule has 1 atom stereocenters. The van der Waals surface area contributed by atoms with E-state index in [1.54, 1.807) is 20.8 Å². The Bertz CT molecular complexity index is 868. The van der Waals surface area contributed by atoms with Crippen LogP contribution >= 0.6 is 11.6 Å². The van der Waals surface area contributed by atoms with Gasteiger partial charge in [-0.3, -0.25) is 14.3 Å². The molecule has 0 bridgehead atoms. The van der Waals surface area contributed by atoms with Crippen LogP contribution in [0.3, 0.4) is 0 Å². The fourth-order valence-electron chi connectivity index (χ4n) is 2.38. The van der Waals surface area contributed by atoms with E-state index in [1.165, 1.54) is 24.3 Å². The molecule has 1 aliphatic carbocycles. The third-order valence-corrected chi connectivity index (χ3v) is 4.85. The molecule has 0 heterocycles. The first-order valence-corrected chi connectivity index (χ1v) is 10.6. The van der Waals surface area contributed by atoms with Gasteiger partial charge >= 0.3 is 5.97 Å². The van der Waals surface area contributed by atoms with Crippen molar-refractivity contribution in [2.45, 2.75) is 44.1 Å². The van der Waals surface area contributed by atoms with Crippen molar-refractivity contribution in [3.05, 3.63) is 29.8 Å². The Balaban J connectivity index is 2.36. The zero-order chi connectivity index (χ0) is 20.6. The summed E-state index contributed by atoms with van der Waals surface area (Å²) in [5, 5.41) is 0. The molecule has 0 radical (unpaired) electrons. The summed E-state index contributed by atoms with van der Waals surface area (Å²) in [5.41, 5.74) is -0.686. The largest absolute Gasteiger partial charge is 0.458 e. The molecule has 27 heavy (non-hydrogen) atoms. The van der Waals surface area contributed by atoms with E-state index in [0.29, 0.717) is 12.8 Å². The van der Waals surface area contributed by atoms with Gasteiger partial charge in [-0.25, -0.2) is 13.2 Å². The quantitative estimate of drug-likeness (QED) is 0.317. The lowest BCUT2D eigenvalue weighted by Crippen LogP contribution is -2.52. The Kier molecular flexibility index (Phi) is 5.73. The number of carbonyl (C=O) groups is 3. The van der Waals surface area contributed by atoms with Crippen molar-refractivity contribution in [3.8, 4) is 0 Å². The van der Waals surface area contributed by atoms with E-state index in [0.717, 1.165) is 6.26 Å². The van der Waals surface area contributed by atoms with Crippen LogP contribution in [0.4, 0.5) is 5.69 Å². The molecule has 1 unspecified atom stereocenters. The SMILES string of the molecule is CC(C)(C)OC(=O)C(Cl)(C(=O)c1ccc(NS(C)(=O)=O)cc1)C(=O)C1CC1. The standard InChI is InChI=1S/C18H22ClNO6S/c1-17(2,3)26-16(23)18(19,14(21)11-5-6-11)15(22)12-7-9-13(10-8-12)20-27(4,24)25/h7-11,20H,5-6H2,1-4H3. The summed E-state index contributed by atoms with van der Waals surface area (Å²) in [4.78, 5) is 35.8. The van der Waals surface area contributed by atoms with Crippen molar-refractivity contribution in [2.24, 2.45) is 5.92 Å². The fraction of sp³-hybridized carbons (Fsp3) is 0.500. The lowest BCUT2D eigenvalue weighted by molar-refractivity contribution is -0.158. The number of esters is 1. The van der Waals surface area contributed by atoms with Gasteiger partial charge in [0.15, 0.2) is 5.78 Å². The number of alkyl halides is 1. The number of ether oxygens (including phenoxy) is 1. The van der Waals surface area contributed by atoms with Gasteiger partial charge in [-0.1, -0.05) is 11.6 Å². The van der Waals surface area contributed by atoms with Crippen LogP contribution in [0.25, 0.3) is 0 Å². The van der Waals surface area contributed by atoms with Crippen molar-refractivity contribution in [1.29, 1.82) is 0 Å². The molecule has 0 spiro atoms.